The number of aliphatic imine (C=N–C) groups is 1. The number of likely N-dealkylation sites (N-methyl/N-ethyl adjacent to an activating group) is 1. The van der Waals surface area contributed by atoms with Crippen molar-refractivity contribution in [2.45, 2.75) is 20.4 Å². The van der Waals surface area contributed by atoms with E-state index in [1.54, 1.807) is 50.4 Å². The number of amidine groups is 1. The molecule has 1 fully saturated rings. The van der Waals surface area contributed by atoms with Crippen molar-refractivity contribution >= 4 is 51.5 Å². The number of halogens is 1. The number of thioether (sulfide) groups is 1. The van der Waals surface area contributed by atoms with Crippen LogP contribution in [0.1, 0.15) is 34.1 Å². The third-order valence-corrected chi connectivity index (χ3v) is 7.45. The zero-order chi connectivity index (χ0) is 26.8. The second-order valence-corrected chi connectivity index (χ2v) is 9.88. The molecule has 1 aromatic heterocycles. The van der Waals surface area contributed by atoms with Crippen LogP contribution in [0.15, 0.2) is 82.7 Å². The fourth-order valence-electron chi connectivity index (χ4n) is 4.43. The number of esters is 1. The Morgan fingerprint density at radius 3 is 2.61 bits per heavy atom. The zero-order valence-electron chi connectivity index (χ0n) is 21.3. The Kier molecular flexibility index (Phi) is 7.15. The Morgan fingerprint density at radius 1 is 1.08 bits per heavy atom. The standard InChI is InChI=1S/C30H26FN3O3S/c1-4-37-29(36)21-8-7-9-23(16-21)32-30-33(3)28(35)27(38-30)17-25-19(2)34(26-11-6-5-10-24(25)26)18-20-12-14-22(31)15-13-20/h5-17H,4,18H2,1-3H3. The van der Waals surface area contributed by atoms with Gasteiger partial charge in [0.15, 0.2) is 5.17 Å². The highest BCUT2D eigenvalue weighted by molar-refractivity contribution is 8.18. The van der Waals surface area contributed by atoms with Crippen molar-refractivity contribution in [3.63, 3.8) is 0 Å². The fourth-order valence-corrected chi connectivity index (χ4v) is 5.39. The number of benzene rings is 3. The molecule has 192 valence electrons. The normalized spacial score (nSPS) is 15.7. The first kappa shape index (κ1) is 25.5. The highest BCUT2D eigenvalue weighted by Crippen LogP contribution is 2.36. The number of hydrogen-bond acceptors (Lipinski definition) is 5. The molecule has 2 heterocycles. The summed E-state index contributed by atoms with van der Waals surface area (Å²) < 4.78 is 20.7. The minimum absolute atomic E-state index is 0.148. The molecule has 1 saturated heterocycles. The second kappa shape index (κ2) is 10.7. The summed E-state index contributed by atoms with van der Waals surface area (Å²) in [6.07, 6.45) is 1.92. The first-order valence-electron chi connectivity index (χ1n) is 12.2. The molecule has 1 aliphatic rings. The molecule has 0 saturated carbocycles. The molecule has 0 bridgehead atoms. The molecule has 0 N–H and O–H groups in total. The lowest BCUT2D eigenvalue weighted by Crippen LogP contribution is -2.23. The molecular weight excluding hydrogens is 501 g/mol. The zero-order valence-corrected chi connectivity index (χ0v) is 22.1. The molecule has 1 amide bonds. The van der Waals surface area contributed by atoms with Gasteiger partial charge in [-0.15, -0.1) is 0 Å². The maximum atomic E-state index is 13.4. The molecule has 0 aliphatic carbocycles. The van der Waals surface area contributed by atoms with E-state index in [1.165, 1.54) is 28.8 Å². The van der Waals surface area contributed by atoms with Gasteiger partial charge in [-0.05, 0) is 73.6 Å². The third kappa shape index (κ3) is 4.99. The summed E-state index contributed by atoms with van der Waals surface area (Å²) in [5, 5.41) is 1.55. The summed E-state index contributed by atoms with van der Waals surface area (Å²) in [6, 6.07) is 21.4. The molecule has 0 atom stereocenters. The number of nitrogens with zero attached hydrogens (tertiary/aromatic N) is 3. The summed E-state index contributed by atoms with van der Waals surface area (Å²) in [5.74, 6) is -0.824. The van der Waals surface area contributed by atoms with Crippen LogP contribution < -0.4 is 0 Å². The van der Waals surface area contributed by atoms with E-state index in [9.17, 15) is 14.0 Å². The summed E-state index contributed by atoms with van der Waals surface area (Å²) in [5.41, 5.74) is 4.95. The molecule has 6 nitrogen and oxygen atoms in total. The first-order valence-corrected chi connectivity index (χ1v) is 13.0. The average molecular weight is 528 g/mol. The van der Waals surface area contributed by atoms with Gasteiger partial charge in [-0.2, -0.15) is 0 Å². The second-order valence-electron chi connectivity index (χ2n) is 8.87. The van der Waals surface area contributed by atoms with Crippen molar-refractivity contribution in [1.82, 2.24) is 9.47 Å². The predicted molar refractivity (Wildman–Crippen MR) is 150 cm³/mol. The number of carbonyl (C=O) groups excluding carboxylic acids is 2. The number of amides is 1. The minimum Gasteiger partial charge on any atom is -0.462 e. The number of aromatic nitrogens is 1. The summed E-state index contributed by atoms with van der Waals surface area (Å²) >= 11 is 1.29. The van der Waals surface area contributed by atoms with Gasteiger partial charge < -0.3 is 9.30 Å². The van der Waals surface area contributed by atoms with Crippen molar-refractivity contribution in [2.24, 2.45) is 4.99 Å². The van der Waals surface area contributed by atoms with Crippen LogP contribution >= 0.6 is 11.8 Å². The third-order valence-electron chi connectivity index (χ3n) is 6.39. The Balaban J connectivity index is 1.49. The Morgan fingerprint density at radius 2 is 1.84 bits per heavy atom. The van der Waals surface area contributed by atoms with Gasteiger partial charge in [0.25, 0.3) is 5.91 Å². The Hall–Kier alpha value is -4.17. The molecule has 5 rings (SSSR count). The van der Waals surface area contributed by atoms with E-state index in [1.807, 2.05) is 37.3 Å². The summed E-state index contributed by atoms with van der Waals surface area (Å²) in [4.78, 5) is 32.0. The Labute approximate surface area is 224 Å². The van der Waals surface area contributed by atoms with Crippen LogP contribution in [0.3, 0.4) is 0 Å². The van der Waals surface area contributed by atoms with Gasteiger partial charge in [0, 0.05) is 35.8 Å². The molecule has 38 heavy (non-hydrogen) atoms. The SMILES string of the molecule is CCOC(=O)c1cccc(N=C2SC(=Cc3c(C)n(Cc4ccc(F)cc4)c4ccccc34)C(=O)N2C)c1. The first-order chi connectivity index (χ1) is 18.4. The van der Waals surface area contributed by atoms with Crippen LogP contribution in [0.4, 0.5) is 10.1 Å². The van der Waals surface area contributed by atoms with Crippen molar-refractivity contribution in [2.75, 3.05) is 13.7 Å². The highest BCUT2D eigenvalue weighted by atomic mass is 32.2. The maximum absolute atomic E-state index is 13.4. The van der Waals surface area contributed by atoms with Gasteiger partial charge in [0.1, 0.15) is 5.82 Å². The minimum atomic E-state index is -0.411. The van der Waals surface area contributed by atoms with E-state index < -0.39 is 5.97 Å². The molecule has 1 aliphatic heterocycles. The van der Waals surface area contributed by atoms with Crippen LogP contribution in [0.2, 0.25) is 0 Å². The molecule has 8 heteroatoms. The van der Waals surface area contributed by atoms with E-state index in [4.69, 9.17) is 4.74 Å². The van der Waals surface area contributed by atoms with Gasteiger partial charge in [0.2, 0.25) is 0 Å². The van der Waals surface area contributed by atoms with E-state index in [2.05, 4.69) is 9.56 Å². The smallest absolute Gasteiger partial charge is 0.338 e. The lowest BCUT2D eigenvalue weighted by molar-refractivity contribution is -0.121. The quantitative estimate of drug-likeness (QED) is 0.211. The summed E-state index contributed by atoms with van der Waals surface area (Å²) in [6.45, 7) is 4.66. The van der Waals surface area contributed by atoms with Crippen LogP contribution in [-0.4, -0.2) is 40.2 Å². The van der Waals surface area contributed by atoms with Crippen LogP contribution in [-0.2, 0) is 16.1 Å². The molecular formula is C30H26FN3O3S. The lowest BCUT2D eigenvalue weighted by atomic mass is 10.1. The van der Waals surface area contributed by atoms with E-state index in [-0.39, 0.29) is 11.7 Å². The lowest BCUT2D eigenvalue weighted by Gasteiger charge is -2.09. The van der Waals surface area contributed by atoms with Crippen molar-refractivity contribution < 1.29 is 18.7 Å². The molecule has 3 aromatic carbocycles. The van der Waals surface area contributed by atoms with Crippen LogP contribution in [0.25, 0.3) is 17.0 Å². The van der Waals surface area contributed by atoms with Gasteiger partial charge >= 0.3 is 5.97 Å². The van der Waals surface area contributed by atoms with Gasteiger partial charge in [-0.3, -0.25) is 9.69 Å². The predicted octanol–water partition coefficient (Wildman–Crippen LogP) is 6.55. The average Bonchev–Trinajstić information content (AvgIpc) is 3.33. The topological polar surface area (TPSA) is 63.9 Å². The van der Waals surface area contributed by atoms with Crippen molar-refractivity contribution in [3.05, 3.63) is 106 Å². The van der Waals surface area contributed by atoms with Crippen molar-refractivity contribution in [3.8, 4) is 0 Å². The van der Waals surface area contributed by atoms with Crippen LogP contribution in [0.5, 0.6) is 0 Å². The van der Waals surface area contributed by atoms with Gasteiger partial charge in [0.05, 0.1) is 22.8 Å². The number of rotatable bonds is 6. The molecule has 0 unspecified atom stereocenters. The monoisotopic (exact) mass is 527 g/mol. The van der Waals surface area contributed by atoms with Crippen LogP contribution in [0, 0.1) is 12.7 Å². The largest absolute Gasteiger partial charge is 0.462 e. The van der Waals surface area contributed by atoms with Crippen molar-refractivity contribution in [1.29, 1.82) is 0 Å². The van der Waals surface area contributed by atoms with E-state index in [0.29, 0.717) is 34.5 Å². The molecule has 4 aromatic rings. The van der Waals surface area contributed by atoms with Gasteiger partial charge in [-0.25, -0.2) is 14.2 Å². The molecule has 0 radical (unpaired) electrons. The molecule has 0 spiro atoms. The number of para-hydroxylation sites is 1. The fraction of sp³-hybridized carbons (Fsp3) is 0.167. The number of ether oxygens (including phenoxy) is 1. The van der Waals surface area contributed by atoms with E-state index in [0.717, 1.165) is 27.7 Å². The number of hydrogen-bond donors (Lipinski definition) is 0. The van der Waals surface area contributed by atoms with Gasteiger partial charge in [-0.1, -0.05) is 36.4 Å². The highest BCUT2D eigenvalue weighted by Gasteiger charge is 2.31. The maximum Gasteiger partial charge on any atom is 0.338 e. The summed E-state index contributed by atoms with van der Waals surface area (Å²) in [7, 11) is 1.69. The van der Waals surface area contributed by atoms with E-state index >= 15 is 0 Å². The number of carbonyl (C=O) groups is 2. The number of fused-ring (bicyclic) bond motifs is 1. The Bertz CT molecular complexity index is 1610.